The van der Waals surface area contributed by atoms with Crippen molar-refractivity contribution in [1.82, 2.24) is 0 Å². The highest BCUT2D eigenvalue weighted by molar-refractivity contribution is 5.86. The van der Waals surface area contributed by atoms with Gasteiger partial charge in [-0.2, -0.15) is 0 Å². The van der Waals surface area contributed by atoms with Crippen LogP contribution in [0.3, 0.4) is 0 Å². The van der Waals surface area contributed by atoms with E-state index in [0.717, 1.165) is 13.0 Å². The van der Waals surface area contributed by atoms with E-state index in [9.17, 15) is 4.79 Å². The van der Waals surface area contributed by atoms with Gasteiger partial charge >= 0.3 is 5.97 Å². The lowest BCUT2D eigenvalue weighted by molar-refractivity contribution is -0.140. The molecule has 0 aliphatic carbocycles. The molecule has 0 aliphatic heterocycles. The number of rotatable bonds is 26. The van der Waals surface area contributed by atoms with E-state index in [1.165, 1.54) is 70.6 Å². The SMILES string of the molecule is C=C(C)C(=O)OCCOCCOCCOCCOCCCCCCCCCCCCCC. The van der Waals surface area contributed by atoms with Crippen molar-refractivity contribution in [3.05, 3.63) is 12.2 Å². The van der Waals surface area contributed by atoms with Crippen LogP contribution in [0.25, 0.3) is 0 Å². The van der Waals surface area contributed by atoms with Crippen LogP contribution >= 0.6 is 0 Å². The van der Waals surface area contributed by atoms with Gasteiger partial charge in [0.05, 0.1) is 46.2 Å². The Balaban J connectivity index is 3.05. The van der Waals surface area contributed by atoms with E-state index < -0.39 is 0 Å². The topological polar surface area (TPSA) is 63.2 Å². The Bertz CT molecular complexity index is 413. The lowest BCUT2D eigenvalue weighted by Gasteiger charge is -2.08. The van der Waals surface area contributed by atoms with Crippen LogP contribution in [0.1, 0.15) is 90.9 Å². The maximum atomic E-state index is 11.1. The molecular formula is C26H50O6. The average Bonchev–Trinajstić information content (AvgIpc) is 2.78. The zero-order chi connectivity index (χ0) is 23.5. The van der Waals surface area contributed by atoms with Gasteiger partial charge in [0.1, 0.15) is 6.61 Å². The molecule has 32 heavy (non-hydrogen) atoms. The zero-order valence-corrected chi connectivity index (χ0v) is 21.0. The van der Waals surface area contributed by atoms with Gasteiger partial charge in [0.25, 0.3) is 0 Å². The lowest BCUT2D eigenvalue weighted by atomic mass is 10.1. The Morgan fingerprint density at radius 1 is 0.531 bits per heavy atom. The van der Waals surface area contributed by atoms with Gasteiger partial charge in [0, 0.05) is 12.2 Å². The minimum absolute atomic E-state index is 0.230. The number of carbonyl (C=O) groups excluding carboxylic acids is 1. The van der Waals surface area contributed by atoms with Crippen LogP contribution in [-0.4, -0.2) is 65.4 Å². The van der Waals surface area contributed by atoms with E-state index in [2.05, 4.69) is 13.5 Å². The smallest absolute Gasteiger partial charge is 0.333 e. The van der Waals surface area contributed by atoms with Gasteiger partial charge in [-0.25, -0.2) is 4.79 Å². The largest absolute Gasteiger partial charge is 0.460 e. The van der Waals surface area contributed by atoms with Crippen molar-refractivity contribution in [2.24, 2.45) is 0 Å². The van der Waals surface area contributed by atoms with Crippen LogP contribution in [0.15, 0.2) is 12.2 Å². The molecule has 0 aromatic carbocycles. The van der Waals surface area contributed by atoms with Gasteiger partial charge < -0.3 is 23.7 Å². The van der Waals surface area contributed by atoms with Gasteiger partial charge in [0.2, 0.25) is 0 Å². The molecule has 0 bridgehead atoms. The number of hydrogen-bond donors (Lipinski definition) is 0. The predicted molar refractivity (Wildman–Crippen MR) is 130 cm³/mol. The highest BCUT2D eigenvalue weighted by Crippen LogP contribution is 2.11. The molecule has 0 amide bonds. The molecule has 6 heteroatoms. The molecule has 6 nitrogen and oxygen atoms in total. The molecule has 0 fully saturated rings. The highest BCUT2D eigenvalue weighted by Gasteiger charge is 2.01. The Kier molecular flexibility index (Phi) is 25.5. The van der Waals surface area contributed by atoms with Gasteiger partial charge in [-0.05, 0) is 13.3 Å². The third-order valence-corrected chi connectivity index (χ3v) is 5.07. The van der Waals surface area contributed by atoms with Gasteiger partial charge in [0.15, 0.2) is 0 Å². The third-order valence-electron chi connectivity index (χ3n) is 5.07. The Morgan fingerprint density at radius 2 is 0.875 bits per heavy atom. The molecule has 0 aromatic heterocycles. The fourth-order valence-electron chi connectivity index (χ4n) is 3.12. The van der Waals surface area contributed by atoms with Gasteiger partial charge in [-0.15, -0.1) is 0 Å². The number of hydrogen-bond acceptors (Lipinski definition) is 6. The van der Waals surface area contributed by atoms with Crippen molar-refractivity contribution in [2.75, 3.05) is 59.5 Å². The normalized spacial score (nSPS) is 11.1. The molecular weight excluding hydrogens is 408 g/mol. The number of esters is 1. The number of ether oxygens (including phenoxy) is 5. The van der Waals surface area contributed by atoms with Crippen LogP contribution in [0, 0.1) is 0 Å². The molecule has 0 saturated carbocycles. The fourth-order valence-corrected chi connectivity index (χ4v) is 3.12. The van der Waals surface area contributed by atoms with Crippen molar-refractivity contribution in [1.29, 1.82) is 0 Å². The summed E-state index contributed by atoms with van der Waals surface area (Å²) in [5.41, 5.74) is 0.392. The maximum absolute atomic E-state index is 11.1. The zero-order valence-electron chi connectivity index (χ0n) is 21.0. The first kappa shape index (κ1) is 31.0. The molecule has 0 radical (unpaired) electrons. The Labute approximate surface area is 197 Å². The first-order chi connectivity index (χ1) is 15.7. The van der Waals surface area contributed by atoms with Gasteiger partial charge in [-0.1, -0.05) is 84.1 Å². The standard InChI is InChI=1S/C26H50O6/c1-4-5-6-7-8-9-10-11-12-13-14-15-16-28-17-18-29-19-20-30-21-22-31-23-24-32-26(27)25(2)3/h2,4-24H2,1,3H3. The second-order valence-corrected chi connectivity index (χ2v) is 8.25. The summed E-state index contributed by atoms with van der Waals surface area (Å²) in [6, 6.07) is 0. The fraction of sp³-hybridized carbons (Fsp3) is 0.885. The summed E-state index contributed by atoms with van der Waals surface area (Å²) in [5.74, 6) is -0.389. The summed E-state index contributed by atoms with van der Waals surface area (Å²) >= 11 is 0. The molecule has 0 unspecified atom stereocenters. The van der Waals surface area contributed by atoms with E-state index in [4.69, 9.17) is 23.7 Å². The predicted octanol–water partition coefficient (Wildman–Crippen LogP) is 5.87. The van der Waals surface area contributed by atoms with E-state index in [1.54, 1.807) is 6.92 Å². The lowest BCUT2D eigenvalue weighted by Crippen LogP contribution is -2.14. The van der Waals surface area contributed by atoms with Crippen LogP contribution in [-0.2, 0) is 28.5 Å². The summed E-state index contributed by atoms with van der Waals surface area (Å²) in [5, 5.41) is 0. The molecule has 0 atom stereocenters. The first-order valence-corrected chi connectivity index (χ1v) is 12.8. The molecule has 0 aliphatic rings. The second kappa shape index (κ2) is 26.3. The average molecular weight is 459 g/mol. The number of unbranched alkanes of at least 4 members (excludes halogenated alkanes) is 11. The summed E-state index contributed by atoms with van der Waals surface area (Å²) in [4.78, 5) is 11.1. The maximum Gasteiger partial charge on any atom is 0.333 e. The third kappa shape index (κ3) is 25.3. The molecule has 0 rings (SSSR count). The molecule has 0 saturated heterocycles. The minimum atomic E-state index is -0.389. The molecule has 0 spiro atoms. The van der Waals surface area contributed by atoms with Crippen LogP contribution in [0.2, 0.25) is 0 Å². The van der Waals surface area contributed by atoms with Crippen molar-refractivity contribution in [2.45, 2.75) is 90.9 Å². The Hall–Kier alpha value is -0.950. The monoisotopic (exact) mass is 458 g/mol. The Morgan fingerprint density at radius 3 is 1.28 bits per heavy atom. The van der Waals surface area contributed by atoms with Crippen molar-refractivity contribution < 1.29 is 28.5 Å². The quantitative estimate of drug-likeness (QED) is 0.0917. The van der Waals surface area contributed by atoms with Crippen molar-refractivity contribution >= 4 is 5.97 Å². The summed E-state index contributed by atoms with van der Waals surface area (Å²) in [6.07, 6.45) is 16.3. The molecule has 0 N–H and O–H groups in total. The minimum Gasteiger partial charge on any atom is -0.460 e. The van der Waals surface area contributed by atoms with Crippen molar-refractivity contribution in [3.8, 4) is 0 Å². The second-order valence-electron chi connectivity index (χ2n) is 8.25. The van der Waals surface area contributed by atoms with E-state index in [0.29, 0.717) is 51.8 Å². The molecule has 190 valence electrons. The molecule has 0 aromatic rings. The van der Waals surface area contributed by atoms with Gasteiger partial charge in [-0.3, -0.25) is 0 Å². The first-order valence-electron chi connectivity index (χ1n) is 12.8. The molecule has 0 heterocycles. The van der Waals surface area contributed by atoms with E-state index in [1.807, 2.05) is 0 Å². The van der Waals surface area contributed by atoms with Crippen molar-refractivity contribution in [3.63, 3.8) is 0 Å². The summed E-state index contributed by atoms with van der Waals surface area (Å²) < 4.78 is 26.7. The highest BCUT2D eigenvalue weighted by atomic mass is 16.6. The van der Waals surface area contributed by atoms with Crippen LogP contribution < -0.4 is 0 Å². The summed E-state index contributed by atoms with van der Waals surface area (Å²) in [6.45, 7) is 12.1. The summed E-state index contributed by atoms with van der Waals surface area (Å²) in [7, 11) is 0. The van der Waals surface area contributed by atoms with E-state index >= 15 is 0 Å². The van der Waals surface area contributed by atoms with Crippen LogP contribution in [0.5, 0.6) is 0 Å². The van der Waals surface area contributed by atoms with E-state index in [-0.39, 0.29) is 12.6 Å². The van der Waals surface area contributed by atoms with Crippen LogP contribution in [0.4, 0.5) is 0 Å². The number of carbonyl (C=O) groups is 1.